The van der Waals surface area contributed by atoms with Gasteiger partial charge in [-0.1, -0.05) is 40.9 Å². The first-order chi connectivity index (χ1) is 9.08. The first-order valence-corrected chi connectivity index (χ1v) is 6.97. The first kappa shape index (κ1) is 13.0. The van der Waals surface area contributed by atoms with Crippen molar-refractivity contribution >= 4 is 58.1 Å². The summed E-state index contributed by atoms with van der Waals surface area (Å²) in [4.78, 5) is 3.10. The van der Waals surface area contributed by atoms with Gasteiger partial charge in [-0.25, -0.2) is 0 Å². The molecule has 19 heavy (non-hydrogen) atoms. The Morgan fingerprint density at radius 3 is 2.47 bits per heavy atom. The molecule has 96 valence electrons. The van der Waals surface area contributed by atoms with Gasteiger partial charge in [0.2, 0.25) is 0 Å². The number of imidazole rings is 1. The van der Waals surface area contributed by atoms with Crippen molar-refractivity contribution in [1.82, 2.24) is 9.55 Å². The van der Waals surface area contributed by atoms with Crippen molar-refractivity contribution in [2.45, 2.75) is 0 Å². The molecule has 3 aromatic rings. The summed E-state index contributed by atoms with van der Waals surface area (Å²) in [5, 5.41) is 1.62. The number of nitrogens with one attached hydrogen (secondary N) is 1. The molecule has 0 spiro atoms. The Bertz CT molecular complexity index is 836. The van der Waals surface area contributed by atoms with Gasteiger partial charge in [0, 0.05) is 0 Å². The van der Waals surface area contributed by atoms with E-state index in [2.05, 4.69) is 4.98 Å². The number of benzene rings is 2. The number of halogens is 3. The Morgan fingerprint density at radius 2 is 1.74 bits per heavy atom. The standard InChI is InChI=1S/C13H7Cl3N2S/c14-8-5-4-7(6-10(8)16)18-11-3-1-2-9(15)12(11)17-13(18)19/h1-6H,(H,17,19). The van der Waals surface area contributed by atoms with E-state index in [4.69, 9.17) is 47.0 Å². The molecule has 0 fully saturated rings. The topological polar surface area (TPSA) is 20.7 Å². The number of aromatic nitrogens is 2. The number of H-pyrrole nitrogens is 1. The number of fused-ring (bicyclic) bond motifs is 1. The third-order valence-electron chi connectivity index (χ3n) is 2.83. The molecule has 0 saturated heterocycles. The average Bonchev–Trinajstić information content (AvgIpc) is 2.71. The highest BCUT2D eigenvalue weighted by molar-refractivity contribution is 7.71. The Kier molecular flexibility index (Phi) is 3.31. The second-order valence-electron chi connectivity index (χ2n) is 4.00. The molecule has 0 aliphatic carbocycles. The highest BCUT2D eigenvalue weighted by atomic mass is 35.5. The van der Waals surface area contributed by atoms with E-state index in [9.17, 15) is 0 Å². The third kappa shape index (κ3) is 2.17. The quantitative estimate of drug-likeness (QED) is 0.572. The van der Waals surface area contributed by atoms with Gasteiger partial charge in [-0.3, -0.25) is 4.57 Å². The molecule has 1 aromatic heterocycles. The maximum atomic E-state index is 6.15. The zero-order valence-electron chi connectivity index (χ0n) is 9.45. The van der Waals surface area contributed by atoms with Gasteiger partial charge in [-0.05, 0) is 42.5 Å². The van der Waals surface area contributed by atoms with Gasteiger partial charge in [0.05, 0.1) is 31.8 Å². The molecule has 6 heteroatoms. The largest absolute Gasteiger partial charge is 0.329 e. The fraction of sp³-hybridized carbons (Fsp3) is 0. The van der Waals surface area contributed by atoms with E-state index in [-0.39, 0.29) is 0 Å². The van der Waals surface area contributed by atoms with E-state index in [0.29, 0.717) is 19.8 Å². The lowest BCUT2D eigenvalue weighted by molar-refractivity contribution is 1.07. The summed E-state index contributed by atoms with van der Waals surface area (Å²) >= 11 is 23.5. The number of aromatic amines is 1. The molecule has 0 amide bonds. The highest BCUT2D eigenvalue weighted by Crippen LogP contribution is 2.29. The molecule has 2 aromatic carbocycles. The summed E-state index contributed by atoms with van der Waals surface area (Å²) in [6.45, 7) is 0. The lowest BCUT2D eigenvalue weighted by Crippen LogP contribution is -1.93. The van der Waals surface area contributed by atoms with Gasteiger partial charge in [0.1, 0.15) is 0 Å². The van der Waals surface area contributed by atoms with Crippen LogP contribution in [0.2, 0.25) is 15.1 Å². The highest BCUT2D eigenvalue weighted by Gasteiger charge is 2.10. The zero-order valence-corrected chi connectivity index (χ0v) is 12.5. The van der Waals surface area contributed by atoms with Crippen molar-refractivity contribution < 1.29 is 0 Å². The zero-order chi connectivity index (χ0) is 13.6. The molecule has 0 aliphatic rings. The molecular formula is C13H7Cl3N2S. The van der Waals surface area contributed by atoms with Gasteiger partial charge in [-0.2, -0.15) is 0 Å². The molecule has 3 rings (SSSR count). The first-order valence-electron chi connectivity index (χ1n) is 5.42. The summed E-state index contributed by atoms with van der Waals surface area (Å²) in [5.74, 6) is 0. The van der Waals surface area contributed by atoms with Crippen LogP contribution in [0.3, 0.4) is 0 Å². The summed E-state index contributed by atoms with van der Waals surface area (Å²) in [6.07, 6.45) is 0. The minimum absolute atomic E-state index is 0.484. The molecule has 0 unspecified atom stereocenters. The van der Waals surface area contributed by atoms with Crippen molar-refractivity contribution in [3.63, 3.8) is 0 Å². The monoisotopic (exact) mass is 328 g/mol. The van der Waals surface area contributed by atoms with E-state index in [0.717, 1.165) is 16.7 Å². The van der Waals surface area contributed by atoms with Gasteiger partial charge in [-0.15, -0.1) is 0 Å². The number of hydrogen-bond donors (Lipinski definition) is 1. The number of hydrogen-bond acceptors (Lipinski definition) is 1. The van der Waals surface area contributed by atoms with Crippen LogP contribution in [0, 0.1) is 4.77 Å². The normalized spacial score (nSPS) is 11.1. The second-order valence-corrected chi connectivity index (χ2v) is 5.61. The van der Waals surface area contributed by atoms with E-state index in [1.165, 1.54) is 0 Å². The number of rotatable bonds is 1. The summed E-state index contributed by atoms with van der Waals surface area (Å²) in [6, 6.07) is 11.0. The Labute approximate surface area is 129 Å². The molecule has 1 heterocycles. The van der Waals surface area contributed by atoms with Crippen LogP contribution in [0.1, 0.15) is 0 Å². The van der Waals surface area contributed by atoms with Crippen LogP contribution in [0.4, 0.5) is 0 Å². The van der Waals surface area contributed by atoms with Crippen LogP contribution < -0.4 is 0 Å². The predicted molar refractivity (Wildman–Crippen MR) is 83.5 cm³/mol. The molecule has 2 nitrogen and oxygen atoms in total. The van der Waals surface area contributed by atoms with Gasteiger partial charge >= 0.3 is 0 Å². The minimum Gasteiger partial charge on any atom is -0.329 e. The minimum atomic E-state index is 0.484. The molecule has 1 N–H and O–H groups in total. The van der Waals surface area contributed by atoms with Gasteiger partial charge < -0.3 is 4.98 Å². The maximum absolute atomic E-state index is 6.15. The van der Waals surface area contributed by atoms with Crippen molar-refractivity contribution in [3.05, 3.63) is 56.2 Å². The Hall–Kier alpha value is -1.000. The molecule has 0 atom stereocenters. The fourth-order valence-electron chi connectivity index (χ4n) is 1.98. The summed E-state index contributed by atoms with van der Waals surface area (Å²) in [5.41, 5.74) is 2.55. The van der Waals surface area contributed by atoms with Crippen molar-refractivity contribution in [3.8, 4) is 5.69 Å². The van der Waals surface area contributed by atoms with Crippen LogP contribution in [0.25, 0.3) is 16.7 Å². The van der Waals surface area contributed by atoms with E-state index >= 15 is 0 Å². The molecule has 0 saturated carbocycles. The van der Waals surface area contributed by atoms with Crippen LogP contribution in [-0.4, -0.2) is 9.55 Å². The van der Waals surface area contributed by atoms with Crippen molar-refractivity contribution in [1.29, 1.82) is 0 Å². The maximum Gasteiger partial charge on any atom is 0.182 e. The van der Waals surface area contributed by atoms with Crippen molar-refractivity contribution in [2.75, 3.05) is 0 Å². The lowest BCUT2D eigenvalue weighted by atomic mass is 10.3. The second kappa shape index (κ2) is 4.84. The van der Waals surface area contributed by atoms with Gasteiger partial charge in [0.15, 0.2) is 4.77 Å². The molecule has 0 bridgehead atoms. The number of para-hydroxylation sites is 1. The summed E-state index contributed by atoms with van der Waals surface area (Å²) in [7, 11) is 0. The Balaban J connectivity index is 2.36. The Morgan fingerprint density at radius 1 is 0.947 bits per heavy atom. The van der Waals surface area contributed by atoms with E-state index in [1.807, 2.05) is 28.8 Å². The van der Waals surface area contributed by atoms with Crippen LogP contribution in [0.5, 0.6) is 0 Å². The predicted octanol–water partition coefficient (Wildman–Crippen LogP) is 5.65. The fourth-order valence-corrected chi connectivity index (χ4v) is 2.79. The van der Waals surface area contributed by atoms with E-state index in [1.54, 1.807) is 12.1 Å². The van der Waals surface area contributed by atoms with E-state index < -0.39 is 0 Å². The SMILES string of the molecule is S=c1[nH]c2c(Cl)cccc2n1-c1ccc(Cl)c(Cl)c1. The smallest absolute Gasteiger partial charge is 0.182 e. The lowest BCUT2D eigenvalue weighted by Gasteiger charge is -2.06. The number of nitrogens with zero attached hydrogens (tertiary/aromatic N) is 1. The van der Waals surface area contributed by atoms with Gasteiger partial charge in [0.25, 0.3) is 0 Å². The van der Waals surface area contributed by atoms with Crippen LogP contribution in [-0.2, 0) is 0 Å². The third-order valence-corrected chi connectivity index (χ3v) is 4.17. The van der Waals surface area contributed by atoms with Crippen LogP contribution >= 0.6 is 47.0 Å². The molecule has 0 aliphatic heterocycles. The average molecular weight is 330 g/mol. The van der Waals surface area contributed by atoms with Crippen LogP contribution in [0.15, 0.2) is 36.4 Å². The van der Waals surface area contributed by atoms with Crippen molar-refractivity contribution in [2.24, 2.45) is 0 Å². The molecule has 0 radical (unpaired) electrons. The molecular weight excluding hydrogens is 323 g/mol. The summed E-state index contributed by atoms with van der Waals surface area (Å²) < 4.78 is 2.43.